The fraction of sp³-hybridized carbons (Fsp3) is 0.238. The Hall–Kier alpha value is -3.28. The number of ether oxygens (including phenoxy) is 1. The zero-order valence-electron chi connectivity index (χ0n) is 15.2. The van der Waals surface area contributed by atoms with Crippen LogP contribution in [0.1, 0.15) is 29.2 Å². The van der Waals surface area contributed by atoms with Crippen LogP contribution in [-0.2, 0) is 4.79 Å². The lowest BCUT2D eigenvalue weighted by atomic mass is 10.1. The molecule has 1 fully saturated rings. The molecule has 0 bridgehead atoms. The molecule has 0 radical (unpaired) electrons. The Morgan fingerprint density at radius 3 is 3.04 bits per heavy atom. The van der Waals surface area contributed by atoms with Crippen molar-refractivity contribution in [1.29, 1.82) is 0 Å². The highest BCUT2D eigenvalue weighted by atomic mass is 16.5. The van der Waals surface area contributed by atoms with Gasteiger partial charge in [-0.2, -0.15) is 5.10 Å². The molecule has 27 heavy (non-hydrogen) atoms. The number of aromatic nitrogens is 2. The van der Waals surface area contributed by atoms with E-state index >= 15 is 0 Å². The predicted octanol–water partition coefficient (Wildman–Crippen LogP) is 3.20. The Kier molecular flexibility index (Phi) is 4.54. The van der Waals surface area contributed by atoms with E-state index in [-0.39, 0.29) is 17.7 Å². The molecule has 136 valence electrons. The third kappa shape index (κ3) is 3.65. The van der Waals surface area contributed by atoms with Gasteiger partial charge in [0.25, 0.3) is 0 Å². The lowest BCUT2D eigenvalue weighted by Crippen LogP contribution is -2.20. The van der Waals surface area contributed by atoms with E-state index in [4.69, 9.17) is 4.74 Å². The summed E-state index contributed by atoms with van der Waals surface area (Å²) in [6, 6.07) is 13.5. The summed E-state index contributed by atoms with van der Waals surface area (Å²) in [5, 5.41) is 5.17. The minimum atomic E-state index is -0.0932. The van der Waals surface area contributed by atoms with Gasteiger partial charge in [0.2, 0.25) is 11.8 Å². The molecule has 2 aromatic heterocycles. The lowest BCUT2D eigenvalue weighted by molar-refractivity contribution is -0.122. The second kappa shape index (κ2) is 7.15. The zero-order valence-corrected chi connectivity index (χ0v) is 15.2. The Morgan fingerprint density at radius 1 is 1.30 bits per heavy atom. The number of aryl methyl sites for hydroxylation is 1. The number of hydrazone groups is 1. The number of benzene rings is 1. The first-order valence-corrected chi connectivity index (χ1v) is 8.85. The van der Waals surface area contributed by atoms with E-state index in [1.807, 2.05) is 43.3 Å². The molecule has 1 aliphatic carbocycles. The number of rotatable bonds is 5. The van der Waals surface area contributed by atoms with E-state index in [0.717, 1.165) is 34.1 Å². The van der Waals surface area contributed by atoms with Gasteiger partial charge >= 0.3 is 0 Å². The molecule has 2 unspecified atom stereocenters. The summed E-state index contributed by atoms with van der Waals surface area (Å²) >= 11 is 0. The van der Waals surface area contributed by atoms with Crippen molar-refractivity contribution < 1.29 is 9.53 Å². The maximum Gasteiger partial charge on any atom is 0.243 e. The first kappa shape index (κ1) is 17.1. The van der Waals surface area contributed by atoms with Gasteiger partial charge in [-0.05, 0) is 48.7 Å². The third-order valence-electron chi connectivity index (χ3n) is 4.77. The summed E-state index contributed by atoms with van der Waals surface area (Å²) in [5.41, 5.74) is 6.51. The van der Waals surface area contributed by atoms with Crippen LogP contribution < -0.4 is 10.2 Å². The second-order valence-corrected chi connectivity index (χ2v) is 6.70. The van der Waals surface area contributed by atoms with Gasteiger partial charge in [-0.1, -0.05) is 12.1 Å². The molecule has 1 saturated carbocycles. The smallest absolute Gasteiger partial charge is 0.243 e. The van der Waals surface area contributed by atoms with E-state index in [1.54, 1.807) is 25.6 Å². The van der Waals surface area contributed by atoms with Crippen molar-refractivity contribution in [2.75, 3.05) is 7.11 Å². The van der Waals surface area contributed by atoms with Gasteiger partial charge in [0.1, 0.15) is 0 Å². The summed E-state index contributed by atoms with van der Waals surface area (Å²) in [7, 11) is 1.59. The highest BCUT2D eigenvalue weighted by Gasteiger charge is 2.45. The van der Waals surface area contributed by atoms with E-state index < -0.39 is 0 Å². The highest BCUT2D eigenvalue weighted by molar-refractivity contribution is 5.91. The van der Waals surface area contributed by atoms with Crippen molar-refractivity contribution in [1.82, 2.24) is 15.4 Å². The molecular formula is C21H20N4O2. The van der Waals surface area contributed by atoms with E-state index in [1.165, 1.54) is 0 Å². The number of carbonyl (C=O) groups is 1. The molecule has 0 spiro atoms. The molecule has 1 N–H and O–H groups in total. The Labute approximate surface area is 157 Å². The minimum Gasteiger partial charge on any atom is -0.481 e. The van der Waals surface area contributed by atoms with E-state index in [0.29, 0.717) is 5.88 Å². The van der Waals surface area contributed by atoms with Crippen LogP contribution in [0.4, 0.5) is 0 Å². The lowest BCUT2D eigenvalue weighted by Gasteiger charge is -2.04. The van der Waals surface area contributed by atoms with Crippen LogP contribution in [0.25, 0.3) is 10.9 Å². The number of methoxy groups -OCH3 is 1. The van der Waals surface area contributed by atoms with Crippen molar-refractivity contribution in [2.45, 2.75) is 19.3 Å². The molecule has 2 atom stereocenters. The predicted molar refractivity (Wildman–Crippen MR) is 104 cm³/mol. The molecule has 2 heterocycles. The highest BCUT2D eigenvalue weighted by Crippen LogP contribution is 2.47. The summed E-state index contributed by atoms with van der Waals surface area (Å²) in [5.74, 6) is 0.520. The average molecular weight is 360 g/mol. The second-order valence-electron chi connectivity index (χ2n) is 6.70. The fourth-order valence-corrected chi connectivity index (χ4v) is 3.29. The van der Waals surface area contributed by atoms with Crippen LogP contribution in [0.3, 0.4) is 0 Å². The topological polar surface area (TPSA) is 76.5 Å². The maximum absolute atomic E-state index is 12.3. The average Bonchev–Trinajstić information content (AvgIpc) is 3.49. The molecular weight excluding hydrogens is 340 g/mol. The number of nitrogens with one attached hydrogen (secondary N) is 1. The van der Waals surface area contributed by atoms with Gasteiger partial charge in [0, 0.05) is 35.2 Å². The third-order valence-corrected chi connectivity index (χ3v) is 4.77. The van der Waals surface area contributed by atoms with E-state index in [2.05, 4.69) is 20.5 Å². The Bertz CT molecular complexity index is 1030. The van der Waals surface area contributed by atoms with Gasteiger partial charge < -0.3 is 4.74 Å². The molecule has 4 rings (SSSR count). The van der Waals surface area contributed by atoms with Gasteiger partial charge in [-0.15, -0.1) is 0 Å². The fourth-order valence-electron chi connectivity index (χ4n) is 3.29. The molecule has 3 aromatic rings. The molecule has 0 aliphatic heterocycles. The summed E-state index contributed by atoms with van der Waals surface area (Å²) in [6.45, 7) is 2.02. The van der Waals surface area contributed by atoms with Crippen molar-refractivity contribution >= 4 is 23.0 Å². The summed E-state index contributed by atoms with van der Waals surface area (Å²) in [6.07, 6.45) is 4.23. The van der Waals surface area contributed by atoms with Crippen LogP contribution in [0.15, 0.2) is 53.8 Å². The van der Waals surface area contributed by atoms with Gasteiger partial charge in [-0.3, -0.25) is 9.78 Å². The Morgan fingerprint density at radius 2 is 2.19 bits per heavy atom. The van der Waals surface area contributed by atoms with Crippen LogP contribution in [0.5, 0.6) is 5.88 Å². The number of fused-ring (bicyclic) bond motifs is 1. The zero-order chi connectivity index (χ0) is 18.8. The normalized spacial score (nSPS) is 18.6. The van der Waals surface area contributed by atoms with Gasteiger partial charge in [0.05, 0.1) is 18.8 Å². The van der Waals surface area contributed by atoms with Gasteiger partial charge in [-0.25, -0.2) is 10.4 Å². The van der Waals surface area contributed by atoms with Crippen LogP contribution >= 0.6 is 0 Å². The van der Waals surface area contributed by atoms with Crippen LogP contribution in [0, 0.1) is 12.8 Å². The minimum absolute atomic E-state index is 0.0833. The van der Waals surface area contributed by atoms with Crippen molar-refractivity contribution in [3.8, 4) is 5.88 Å². The Balaban J connectivity index is 1.40. The van der Waals surface area contributed by atoms with Crippen molar-refractivity contribution in [2.24, 2.45) is 11.0 Å². The molecule has 1 aliphatic rings. The SMILES string of the molecule is COc1cccc(C2CC2C(=O)N/N=C\c2cc(C)c3ncccc3c2)n1. The van der Waals surface area contributed by atoms with Gasteiger partial charge in [0.15, 0.2) is 0 Å². The molecule has 6 nitrogen and oxygen atoms in total. The monoisotopic (exact) mass is 360 g/mol. The first-order chi connectivity index (χ1) is 13.2. The quantitative estimate of drug-likeness (QED) is 0.560. The number of carbonyl (C=O) groups excluding carboxylic acids is 1. The largest absolute Gasteiger partial charge is 0.481 e. The van der Waals surface area contributed by atoms with Crippen LogP contribution in [-0.4, -0.2) is 29.2 Å². The standard InChI is InChI=1S/C21H20N4O2/c1-13-9-14(10-15-5-4-8-22-20(13)15)12-23-25-21(26)17-11-16(17)18-6-3-7-19(24-18)27-2/h3-10,12,16-17H,11H2,1-2H3,(H,25,26)/b23-12-. The van der Waals surface area contributed by atoms with E-state index in [9.17, 15) is 4.79 Å². The van der Waals surface area contributed by atoms with Crippen molar-refractivity contribution in [3.63, 3.8) is 0 Å². The first-order valence-electron chi connectivity index (χ1n) is 8.85. The summed E-state index contributed by atoms with van der Waals surface area (Å²) < 4.78 is 5.14. The molecule has 0 saturated heterocycles. The molecule has 6 heteroatoms. The maximum atomic E-state index is 12.3. The number of pyridine rings is 2. The summed E-state index contributed by atoms with van der Waals surface area (Å²) in [4.78, 5) is 21.1. The number of hydrogen-bond acceptors (Lipinski definition) is 5. The van der Waals surface area contributed by atoms with Crippen molar-refractivity contribution in [3.05, 3.63) is 65.5 Å². The molecule has 1 aromatic carbocycles. The number of amides is 1. The number of hydrogen-bond donors (Lipinski definition) is 1. The van der Waals surface area contributed by atoms with Crippen LogP contribution in [0.2, 0.25) is 0 Å². The number of nitrogens with zero attached hydrogens (tertiary/aromatic N) is 3. The molecule has 1 amide bonds.